The van der Waals surface area contributed by atoms with Gasteiger partial charge in [-0.15, -0.1) is 0 Å². The maximum atomic E-state index is 13.2. The fraction of sp³-hybridized carbons (Fsp3) is 0.333. The number of halogens is 9. The molecule has 1 aliphatic rings. The zero-order valence-corrected chi connectivity index (χ0v) is 20.1. The summed E-state index contributed by atoms with van der Waals surface area (Å²) in [5.41, 5.74) is -3.42. The van der Waals surface area contributed by atoms with Crippen LogP contribution in [0.5, 0.6) is 0 Å². The van der Waals surface area contributed by atoms with Crippen LogP contribution in [0.3, 0.4) is 0 Å². The molecule has 13 heteroatoms. The van der Waals surface area contributed by atoms with Crippen molar-refractivity contribution < 1.29 is 35.9 Å². The Kier molecular flexibility index (Phi) is 7.79. The van der Waals surface area contributed by atoms with Gasteiger partial charge in [-0.05, 0) is 35.9 Å². The molecule has 184 valence electrons. The number of hydrogen-bond donors (Lipinski definition) is 0. The van der Waals surface area contributed by atoms with Crippen LogP contribution in [0.1, 0.15) is 33.1 Å². The summed E-state index contributed by atoms with van der Waals surface area (Å²) in [5, 5.41) is 0.402. The van der Waals surface area contributed by atoms with E-state index in [1.165, 1.54) is 17.0 Å². The van der Waals surface area contributed by atoms with E-state index in [0.29, 0.717) is 17.7 Å². The summed E-state index contributed by atoms with van der Waals surface area (Å²) in [7, 11) is 0. The first kappa shape index (κ1) is 26.6. The summed E-state index contributed by atoms with van der Waals surface area (Å²) in [6.45, 7) is -0.258. The predicted molar refractivity (Wildman–Crippen MR) is 117 cm³/mol. The smallest absolute Gasteiger partial charge is 0.334 e. The van der Waals surface area contributed by atoms with Gasteiger partial charge in [-0.1, -0.05) is 45.2 Å². The minimum absolute atomic E-state index is 0.00613. The average molecular weight is 592 g/mol. The van der Waals surface area contributed by atoms with Gasteiger partial charge in [0.1, 0.15) is 0 Å². The number of carbonyl (C=O) groups excluding carboxylic acids is 2. The highest BCUT2D eigenvalue weighted by Gasteiger charge is 2.39. The quantitative estimate of drug-likeness (QED) is 0.304. The van der Waals surface area contributed by atoms with Gasteiger partial charge in [0, 0.05) is 25.2 Å². The summed E-state index contributed by atoms with van der Waals surface area (Å²) < 4.78 is 79.3. The molecule has 2 amide bonds. The van der Waals surface area contributed by atoms with Gasteiger partial charge in [-0.25, -0.2) is 0 Å². The van der Waals surface area contributed by atoms with Crippen LogP contribution in [-0.4, -0.2) is 46.6 Å². The standard InChI is InChI=1S/C21H15BrCl2F6N2O2/c22-9-18(33)32-4-3-31(10-17(32)11-1-2-15(23)16(24)7-11)19(34)12-5-13(20(25,26)27)8-14(6-12)21(28,29)30/h1-2,5-8,17H,3-4,9-10H2. The van der Waals surface area contributed by atoms with E-state index in [1.54, 1.807) is 6.07 Å². The Bertz CT molecular complexity index is 1080. The molecule has 0 bridgehead atoms. The Hall–Kier alpha value is -1.98. The molecule has 0 aromatic heterocycles. The Morgan fingerprint density at radius 3 is 2.00 bits per heavy atom. The molecular formula is C21H15BrCl2F6N2O2. The van der Waals surface area contributed by atoms with E-state index in [4.69, 9.17) is 23.2 Å². The van der Waals surface area contributed by atoms with E-state index in [2.05, 4.69) is 15.9 Å². The van der Waals surface area contributed by atoms with E-state index in [1.807, 2.05) is 0 Å². The summed E-state index contributed by atoms with van der Waals surface area (Å²) >= 11 is 15.1. The van der Waals surface area contributed by atoms with E-state index < -0.39 is 41.0 Å². The van der Waals surface area contributed by atoms with Crippen molar-refractivity contribution in [3.05, 3.63) is 68.7 Å². The molecule has 2 aromatic carbocycles. The lowest BCUT2D eigenvalue weighted by molar-refractivity contribution is -0.143. The van der Waals surface area contributed by atoms with Crippen LogP contribution >= 0.6 is 39.1 Å². The van der Waals surface area contributed by atoms with Gasteiger partial charge in [0.05, 0.1) is 32.5 Å². The summed E-state index contributed by atoms with van der Waals surface area (Å²) in [6, 6.07) is 4.55. The zero-order valence-electron chi connectivity index (χ0n) is 17.0. The molecule has 1 atom stereocenters. The molecule has 0 aliphatic carbocycles. The molecule has 2 aromatic rings. The van der Waals surface area contributed by atoms with Crippen LogP contribution in [0.25, 0.3) is 0 Å². The fourth-order valence-corrected chi connectivity index (χ4v) is 4.24. The van der Waals surface area contributed by atoms with Gasteiger partial charge in [-0.2, -0.15) is 26.3 Å². The Morgan fingerprint density at radius 1 is 0.912 bits per heavy atom. The van der Waals surface area contributed by atoms with Crippen LogP contribution in [0, 0.1) is 0 Å². The lowest BCUT2D eigenvalue weighted by Crippen LogP contribution is -2.52. The molecule has 1 saturated heterocycles. The van der Waals surface area contributed by atoms with Gasteiger partial charge in [0.15, 0.2) is 0 Å². The number of piperazine rings is 1. The van der Waals surface area contributed by atoms with Crippen LogP contribution < -0.4 is 0 Å². The number of rotatable bonds is 3. The number of hydrogen-bond acceptors (Lipinski definition) is 2. The van der Waals surface area contributed by atoms with Gasteiger partial charge in [0.25, 0.3) is 5.91 Å². The monoisotopic (exact) mass is 590 g/mol. The largest absolute Gasteiger partial charge is 0.416 e. The van der Waals surface area contributed by atoms with Crippen molar-refractivity contribution in [2.24, 2.45) is 0 Å². The van der Waals surface area contributed by atoms with Gasteiger partial charge in [-0.3, -0.25) is 9.59 Å². The highest BCUT2D eigenvalue weighted by molar-refractivity contribution is 9.09. The van der Waals surface area contributed by atoms with Crippen molar-refractivity contribution in [3.63, 3.8) is 0 Å². The summed E-state index contributed by atoms with van der Waals surface area (Å²) in [6.07, 6.45) is -10.2. The highest BCUT2D eigenvalue weighted by Crippen LogP contribution is 2.37. The van der Waals surface area contributed by atoms with Crippen molar-refractivity contribution in [1.29, 1.82) is 0 Å². The average Bonchev–Trinajstić information content (AvgIpc) is 2.78. The van der Waals surface area contributed by atoms with E-state index in [9.17, 15) is 35.9 Å². The third kappa shape index (κ3) is 5.80. The van der Waals surface area contributed by atoms with Gasteiger partial charge < -0.3 is 9.80 Å². The second-order valence-electron chi connectivity index (χ2n) is 7.46. The Labute approximate surface area is 208 Å². The van der Waals surface area contributed by atoms with Crippen molar-refractivity contribution in [1.82, 2.24) is 9.80 Å². The predicted octanol–water partition coefficient (Wildman–Crippen LogP) is 6.45. The topological polar surface area (TPSA) is 40.6 Å². The maximum absolute atomic E-state index is 13.2. The second kappa shape index (κ2) is 9.94. The third-order valence-electron chi connectivity index (χ3n) is 5.27. The van der Waals surface area contributed by atoms with Crippen molar-refractivity contribution in [3.8, 4) is 0 Å². The van der Waals surface area contributed by atoms with Gasteiger partial charge >= 0.3 is 12.4 Å². The maximum Gasteiger partial charge on any atom is 0.416 e. The molecule has 1 fully saturated rings. The fourth-order valence-electron chi connectivity index (χ4n) is 3.61. The van der Waals surface area contributed by atoms with E-state index in [0.717, 1.165) is 4.90 Å². The number of amides is 2. The number of benzene rings is 2. The van der Waals surface area contributed by atoms with E-state index >= 15 is 0 Å². The van der Waals surface area contributed by atoms with Crippen LogP contribution in [0.4, 0.5) is 26.3 Å². The van der Waals surface area contributed by atoms with Crippen molar-refractivity contribution in [2.45, 2.75) is 18.4 Å². The minimum Gasteiger partial charge on any atom is -0.334 e. The molecule has 1 unspecified atom stereocenters. The first-order valence-corrected chi connectivity index (χ1v) is 11.5. The SMILES string of the molecule is O=C(c1cc(C(F)(F)F)cc(C(F)(F)F)c1)N1CCN(C(=O)CBr)C(c2ccc(Cl)c(Cl)c2)C1. The normalized spacial score (nSPS) is 17.1. The van der Waals surface area contributed by atoms with Crippen LogP contribution in [-0.2, 0) is 17.1 Å². The lowest BCUT2D eigenvalue weighted by Gasteiger charge is -2.41. The lowest BCUT2D eigenvalue weighted by atomic mass is 10.00. The molecule has 4 nitrogen and oxygen atoms in total. The highest BCUT2D eigenvalue weighted by atomic mass is 79.9. The zero-order chi connectivity index (χ0) is 25.4. The molecule has 1 heterocycles. The first-order chi connectivity index (χ1) is 15.7. The summed E-state index contributed by atoms with van der Waals surface area (Å²) in [5.74, 6) is -1.34. The second-order valence-corrected chi connectivity index (χ2v) is 8.83. The number of carbonyl (C=O) groups is 2. The summed E-state index contributed by atoms with van der Waals surface area (Å²) in [4.78, 5) is 28.0. The van der Waals surface area contributed by atoms with Crippen molar-refractivity contribution in [2.75, 3.05) is 25.0 Å². The van der Waals surface area contributed by atoms with Crippen LogP contribution in [0.2, 0.25) is 10.0 Å². The van der Waals surface area contributed by atoms with Crippen molar-refractivity contribution >= 4 is 50.9 Å². The van der Waals surface area contributed by atoms with Gasteiger partial charge in [0.2, 0.25) is 5.91 Å². The number of alkyl halides is 7. The third-order valence-corrected chi connectivity index (χ3v) is 6.48. The van der Waals surface area contributed by atoms with E-state index in [-0.39, 0.29) is 47.0 Å². The molecule has 0 N–H and O–H groups in total. The molecule has 1 aliphatic heterocycles. The Morgan fingerprint density at radius 2 is 1.50 bits per heavy atom. The molecule has 3 rings (SSSR count). The Balaban J connectivity index is 1.99. The number of nitrogens with zero attached hydrogens (tertiary/aromatic N) is 2. The molecule has 34 heavy (non-hydrogen) atoms. The molecule has 0 radical (unpaired) electrons. The van der Waals surface area contributed by atoms with Crippen LogP contribution in [0.15, 0.2) is 36.4 Å². The molecule has 0 saturated carbocycles. The molecule has 0 spiro atoms. The first-order valence-electron chi connectivity index (χ1n) is 9.61. The minimum atomic E-state index is -5.08. The molecular weight excluding hydrogens is 577 g/mol.